The van der Waals surface area contributed by atoms with Crippen LogP contribution in [0.5, 0.6) is 0 Å². The number of anilines is 1. The Labute approximate surface area is 241 Å². The summed E-state index contributed by atoms with van der Waals surface area (Å²) < 4.78 is 67.7. The van der Waals surface area contributed by atoms with Crippen molar-refractivity contribution in [2.75, 3.05) is 50.5 Å². The average Bonchev–Trinajstić information content (AvgIpc) is 3.37. The molecule has 1 unspecified atom stereocenters. The first-order chi connectivity index (χ1) is 20.0. The highest BCUT2D eigenvalue weighted by atomic mass is 32.2. The maximum atomic E-state index is 15.0. The number of rotatable bonds is 5. The van der Waals surface area contributed by atoms with Crippen LogP contribution in [0.25, 0.3) is 32.9 Å². The number of hydrogen-bond donors (Lipinski definition) is 0. The zero-order chi connectivity index (χ0) is 29.9. The van der Waals surface area contributed by atoms with E-state index in [-0.39, 0.29) is 69.5 Å². The normalized spacial score (nSPS) is 17.3. The highest BCUT2D eigenvalue weighted by molar-refractivity contribution is 7.99. The standard InChI is InChI=1S/C28H26F4N6O3S/c1-4-21(39)36-7-9-37(10-8-36)26-17-11-19(28(30,31)32)22(16-5-6-20(29)18-12-33-35(2)23(16)18)25-24(17)38(27(40)34-26)15(13-41-3)14-42-25/h4-6,11-12,15H,1,7-10,13-14H2,2-3H3. The van der Waals surface area contributed by atoms with Crippen molar-refractivity contribution in [2.24, 2.45) is 7.05 Å². The first-order valence-corrected chi connectivity index (χ1v) is 14.1. The van der Waals surface area contributed by atoms with Crippen molar-refractivity contribution >= 4 is 45.3 Å². The van der Waals surface area contributed by atoms with Gasteiger partial charge in [0, 0.05) is 67.5 Å². The van der Waals surface area contributed by atoms with Crippen molar-refractivity contribution in [1.29, 1.82) is 0 Å². The van der Waals surface area contributed by atoms with E-state index in [9.17, 15) is 27.2 Å². The lowest BCUT2D eigenvalue weighted by molar-refractivity contribution is -0.137. The summed E-state index contributed by atoms with van der Waals surface area (Å²) in [7, 11) is 3.03. The minimum atomic E-state index is -4.80. The van der Waals surface area contributed by atoms with Gasteiger partial charge in [-0.15, -0.1) is 11.8 Å². The van der Waals surface area contributed by atoms with Crippen LogP contribution in [0.3, 0.4) is 0 Å². The van der Waals surface area contributed by atoms with Crippen molar-refractivity contribution < 1.29 is 27.1 Å². The molecule has 42 heavy (non-hydrogen) atoms. The van der Waals surface area contributed by atoms with Gasteiger partial charge in [-0.2, -0.15) is 23.3 Å². The lowest BCUT2D eigenvalue weighted by Crippen LogP contribution is -2.49. The van der Waals surface area contributed by atoms with Crippen LogP contribution in [0.2, 0.25) is 0 Å². The van der Waals surface area contributed by atoms with E-state index < -0.39 is 29.3 Å². The van der Waals surface area contributed by atoms with Crippen LogP contribution >= 0.6 is 11.8 Å². The third kappa shape index (κ3) is 4.44. The van der Waals surface area contributed by atoms with E-state index in [1.165, 1.54) is 46.5 Å². The molecule has 2 aromatic carbocycles. The maximum absolute atomic E-state index is 15.0. The number of halogens is 4. The number of carbonyl (C=O) groups excluding carboxylic acids is 1. The molecule has 1 fully saturated rings. The van der Waals surface area contributed by atoms with Gasteiger partial charge in [0.2, 0.25) is 5.91 Å². The minimum absolute atomic E-state index is 0.0910. The Morgan fingerprint density at radius 2 is 1.93 bits per heavy atom. The molecule has 4 aromatic rings. The number of ether oxygens (including phenoxy) is 1. The van der Waals surface area contributed by atoms with E-state index in [0.29, 0.717) is 18.6 Å². The van der Waals surface area contributed by atoms with Crippen LogP contribution in [0.4, 0.5) is 23.4 Å². The van der Waals surface area contributed by atoms with Crippen molar-refractivity contribution in [1.82, 2.24) is 24.2 Å². The van der Waals surface area contributed by atoms with E-state index in [1.54, 1.807) is 16.8 Å². The quantitative estimate of drug-likeness (QED) is 0.250. The largest absolute Gasteiger partial charge is 0.417 e. The van der Waals surface area contributed by atoms with Crippen LogP contribution in [-0.2, 0) is 22.8 Å². The monoisotopic (exact) mass is 602 g/mol. The number of thioether (sulfide) groups is 1. The summed E-state index contributed by atoms with van der Waals surface area (Å²) in [5.41, 5.74) is -0.998. The van der Waals surface area contributed by atoms with Crippen molar-refractivity contribution in [3.63, 3.8) is 0 Å². The predicted octanol–water partition coefficient (Wildman–Crippen LogP) is 4.24. The summed E-state index contributed by atoms with van der Waals surface area (Å²) in [6.45, 7) is 4.79. The Kier molecular flexibility index (Phi) is 7.00. The van der Waals surface area contributed by atoms with Gasteiger partial charge in [-0.3, -0.25) is 14.0 Å². The molecule has 14 heteroatoms. The number of amides is 1. The van der Waals surface area contributed by atoms with Gasteiger partial charge < -0.3 is 14.5 Å². The van der Waals surface area contributed by atoms with Crippen molar-refractivity contribution in [3.05, 3.63) is 58.9 Å². The van der Waals surface area contributed by atoms with Gasteiger partial charge in [0.1, 0.15) is 11.6 Å². The molecule has 220 valence electrons. The summed E-state index contributed by atoms with van der Waals surface area (Å²) in [5, 5.41) is 4.36. The first kappa shape index (κ1) is 28.2. The third-order valence-electron chi connectivity index (χ3n) is 7.78. The number of methoxy groups -OCH3 is 1. The second-order valence-electron chi connectivity index (χ2n) is 10.2. The van der Waals surface area contributed by atoms with Crippen LogP contribution in [-0.4, -0.2) is 75.8 Å². The van der Waals surface area contributed by atoms with Gasteiger partial charge in [0.25, 0.3) is 0 Å². The Balaban J connectivity index is 1.68. The molecule has 2 aliphatic heterocycles. The van der Waals surface area contributed by atoms with Crippen molar-refractivity contribution in [3.8, 4) is 11.1 Å². The van der Waals surface area contributed by atoms with E-state index in [0.717, 1.165) is 12.1 Å². The van der Waals surface area contributed by atoms with Crippen LogP contribution in [0, 0.1) is 5.82 Å². The van der Waals surface area contributed by atoms with Gasteiger partial charge >= 0.3 is 11.9 Å². The number of fused-ring (bicyclic) bond motifs is 1. The number of benzene rings is 2. The summed E-state index contributed by atoms with van der Waals surface area (Å²) in [5.74, 6) is -0.458. The number of alkyl halides is 3. The lowest BCUT2D eigenvalue weighted by atomic mass is 9.94. The number of aromatic nitrogens is 4. The van der Waals surface area contributed by atoms with E-state index in [1.807, 2.05) is 0 Å². The number of hydrogen-bond acceptors (Lipinski definition) is 7. The van der Waals surface area contributed by atoms with Gasteiger partial charge in [-0.05, 0) is 24.3 Å². The topological polar surface area (TPSA) is 85.5 Å². The molecule has 2 aromatic heterocycles. The highest BCUT2D eigenvalue weighted by Crippen LogP contribution is 2.51. The second kappa shape index (κ2) is 10.4. The average molecular weight is 603 g/mol. The molecule has 6 rings (SSSR count). The summed E-state index contributed by atoms with van der Waals surface area (Å²) in [6.07, 6.45) is -2.30. The zero-order valence-electron chi connectivity index (χ0n) is 22.7. The number of aryl methyl sites for hydroxylation is 1. The molecule has 9 nitrogen and oxygen atoms in total. The predicted molar refractivity (Wildman–Crippen MR) is 151 cm³/mol. The van der Waals surface area contributed by atoms with Gasteiger partial charge in [0.05, 0.1) is 40.8 Å². The number of carbonyl (C=O) groups is 1. The zero-order valence-corrected chi connectivity index (χ0v) is 23.6. The fourth-order valence-electron chi connectivity index (χ4n) is 5.86. The van der Waals surface area contributed by atoms with Crippen LogP contribution in [0.15, 0.2) is 46.7 Å². The molecule has 1 atom stereocenters. The number of piperazine rings is 1. The van der Waals surface area contributed by atoms with Crippen LogP contribution in [0.1, 0.15) is 11.6 Å². The van der Waals surface area contributed by atoms with E-state index >= 15 is 0 Å². The van der Waals surface area contributed by atoms with Gasteiger partial charge in [-0.1, -0.05) is 6.58 Å². The van der Waals surface area contributed by atoms with Gasteiger partial charge in [-0.25, -0.2) is 9.18 Å². The second-order valence-corrected chi connectivity index (χ2v) is 11.2. The Hall–Kier alpha value is -3.91. The summed E-state index contributed by atoms with van der Waals surface area (Å²) in [4.78, 5) is 33.6. The summed E-state index contributed by atoms with van der Waals surface area (Å²) >= 11 is 1.20. The third-order valence-corrected chi connectivity index (χ3v) is 9.01. The minimum Gasteiger partial charge on any atom is -0.383 e. The van der Waals surface area contributed by atoms with Crippen molar-refractivity contribution in [2.45, 2.75) is 17.1 Å². The van der Waals surface area contributed by atoms with E-state index in [4.69, 9.17) is 4.74 Å². The molecule has 0 aliphatic carbocycles. The maximum Gasteiger partial charge on any atom is 0.417 e. The van der Waals surface area contributed by atoms with Gasteiger partial charge in [0.15, 0.2) is 0 Å². The number of nitrogens with zero attached hydrogens (tertiary/aromatic N) is 6. The highest BCUT2D eigenvalue weighted by Gasteiger charge is 2.40. The molecule has 0 bridgehead atoms. The SMILES string of the molecule is C=CC(=O)N1CCN(c2nc(=O)n3c4c(c(-c5ccc(F)c6cnn(C)c56)c(C(F)(F)F)cc24)SCC3COC)CC1. The summed E-state index contributed by atoms with van der Waals surface area (Å²) in [6, 6.07) is 3.02. The fourth-order valence-corrected chi connectivity index (χ4v) is 7.18. The lowest BCUT2D eigenvalue weighted by Gasteiger charge is -2.36. The molecule has 0 radical (unpaired) electrons. The molecule has 0 N–H and O–H groups in total. The molecular formula is C28H26F4N6O3S. The molecule has 2 aliphatic rings. The molecule has 1 saturated heterocycles. The first-order valence-electron chi connectivity index (χ1n) is 13.1. The molecule has 4 heterocycles. The molecular weight excluding hydrogens is 576 g/mol. The molecule has 1 amide bonds. The smallest absolute Gasteiger partial charge is 0.383 e. The molecule has 0 spiro atoms. The fraction of sp³-hybridized carbons (Fsp3) is 0.357. The van der Waals surface area contributed by atoms with E-state index in [2.05, 4.69) is 16.7 Å². The Morgan fingerprint density at radius 3 is 2.60 bits per heavy atom. The Morgan fingerprint density at radius 1 is 1.19 bits per heavy atom. The van der Waals surface area contributed by atoms with Crippen LogP contribution < -0.4 is 10.6 Å². The molecule has 0 saturated carbocycles. The Bertz CT molecular complexity index is 1810.